The van der Waals surface area contributed by atoms with Crippen molar-refractivity contribution in [3.05, 3.63) is 96.6 Å². The molecule has 0 spiro atoms. The van der Waals surface area contributed by atoms with Crippen molar-refractivity contribution in [2.24, 2.45) is 0 Å². The summed E-state index contributed by atoms with van der Waals surface area (Å²) < 4.78 is 7.77. The number of rotatable bonds is 6. The number of anilines is 1. The number of aryl methyl sites for hydroxylation is 1. The maximum Gasteiger partial charge on any atom is 0.228 e. The van der Waals surface area contributed by atoms with E-state index in [0.29, 0.717) is 29.6 Å². The number of carbonyl (C=O) groups excluding carboxylic acids is 1. The first-order chi connectivity index (χ1) is 14.2. The summed E-state index contributed by atoms with van der Waals surface area (Å²) in [6.07, 6.45) is 4.17. The van der Waals surface area contributed by atoms with Crippen molar-refractivity contribution < 1.29 is 9.53 Å². The molecule has 4 aromatic rings. The van der Waals surface area contributed by atoms with Gasteiger partial charge in [0.1, 0.15) is 17.4 Å². The van der Waals surface area contributed by atoms with Gasteiger partial charge in [0.15, 0.2) is 0 Å². The highest BCUT2D eigenvalue weighted by atomic mass is 16.5. The van der Waals surface area contributed by atoms with Crippen LogP contribution < -0.4 is 10.1 Å². The van der Waals surface area contributed by atoms with E-state index in [9.17, 15) is 4.79 Å². The van der Waals surface area contributed by atoms with E-state index in [1.54, 1.807) is 30.3 Å². The minimum Gasteiger partial charge on any atom is -0.439 e. The first-order valence-corrected chi connectivity index (χ1v) is 9.26. The average molecular weight is 384 g/mol. The normalized spacial score (nSPS) is 10.5. The fourth-order valence-electron chi connectivity index (χ4n) is 2.91. The molecule has 0 aliphatic carbocycles. The number of benzene rings is 2. The van der Waals surface area contributed by atoms with Gasteiger partial charge < -0.3 is 14.6 Å². The summed E-state index contributed by atoms with van der Waals surface area (Å²) in [5.74, 6) is 2.38. The van der Waals surface area contributed by atoms with Crippen molar-refractivity contribution in [1.29, 1.82) is 0 Å². The third-order valence-electron chi connectivity index (χ3n) is 4.24. The van der Waals surface area contributed by atoms with Gasteiger partial charge in [-0.3, -0.25) is 4.79 Å². The predicted molar refractivity (Wildman–Crippen MR) is 111 cm³/mol. The molecule has 1 N–H and O–H groups in total. The van der Waals surface area contributed by atoms with Gasteiger partial charge in [0, 0.05) is 24.1 Å². The number of ether oxygens (including phenoxy) is 1. The lowest BCUT2D eigenvalue weighted by molar-refractivity contribution is -0.115. The Hall–Kier alpha value is -3.93. The van der Waals surface area contributed by atoms with Crippen LogP contribution in [-0.4, -0.2) is 20.4 Å². The van der Waals surface area contributed by atoms with Crippen LogP contribution in [0.4, 0.5) is 5.69 Å². The lowest BCUT2D eigenvalue weighted by atomic mass is 10.1. The summed E-state index contributed by atoms with van der Waals surface area (Å²) in [7, 11) is 0. The molecule has 0 saturated heterocycles. The molecule has 1 amide bonds. The van der Waals surface area contributed by atoms with E-state index in [4.69, 9.17) is 4.74 Å². The smallest absolute Gasteiger partial charge is 0.228 e. The predicted octanol–water partition coefficient (Wildman–Crippen LogP) is 4.55. The van der Waals surface area contributed by atoms with Crippen molar-refractivity contribution in [1.82, 2.24) is 14.5 Å². The molecule has 6 nitrogen and oxygen atoms in total. The minimum absolute atomic E-state index is 0.0624. The van der Waals surface area contributed by atoms with Gasteiger partial charge in [-0.15, -0.1) is 0 Å². The monoisotopic (exact) mass is 384 g/mol. The number of nitrogens with one attached hydrogen (secondary N) is 1. The lowest BCUT2D eigenvalue weighted by Crippen LogP contribution is -2.14. The first kappa shape index (κ1) is 18.4. The number of carbonyl (C=O) groups is 1. The zero-order valence-corrected chi connectivity index (χ0v) is 15.9. The van der Waals surface area contributed by atoms with Crippen LogP contribution in [0.3, 0.4) is 0 Å². The fourth-order valence-corrected chi connectivity index (χ4v) is 2.91. The van der Waals surface area contributed by atoms with Gasteiger partial charge in [0.2, 0.25) is 11.8 Å². The van der Waals surface area contributed by atoms with Crippen LogP contribution >= 0.6 is 0 Å². The molecule has 0 bridgehead atoms. The molecule has 0 fully saturated rings. The molecular weight excluding hydrogens is 364 g/mol. The van der Waals surface area contributed by atoms with Gasteiger partial charge in [-0.2, -0.15) is 4.98 Å². The minimum atomic E-state index is -0.0624. The standard InChI is InChI=1S/C23H20N4O2/c1-17-24-21(27-13-5-6-14-27)16-23(25-17)29-20-11-9-19(10-12-20)26-22(28)15-18-7-3-2-4-8-18/h2-14,16H,15H2,1H3,(H,26,28). The van der Waals surface area contributed by atoms with Crippen LogP contribution in [0.2, 0.25) is 0 Å². The van der Waals surface area contributed by atoms with E-state index in [-0.39, 0.29) is 5.91 Å². The van der Waals surface area contributed by atoms with Gasteiger partial charge in [-0.25, -0.2) is 4.98 Å². The second kappa shape index (κ2) is 8.39. The summed E-state index contributed by atoms with van der Waals surface area (Å²) in [4.78, 5) is 20.9. The lowest BCUT2D eigenvalue weighted by Gasteiger charge is -2.10. The van der Waals surface area contributed by atoms with Gasteiger partial charge >= 0.3 is 0 Å². The highest BCUT2D eigenvalue weighted by Crippen LogP contribution is 2.23. The van der Waals surface area contributed by atoms with Crippen molar-refractivity contribution in [2.45, 2.75) is 13.3 Å². The van der Waals surface area contributed by atoms with Crippen LogP contribution in [0.25, 0.3) is 5.82 Å². The van der Waals surface area contributed by atoms with Gasteiger partial charge in [-0.05, 0) is 48.9 Å². The molecule has 0 unspecified atom stereocenters. The Morgan fingerprint density at radius 2 is 1.69 bits per heavy atom. The third kappa shape index (κ3) is 4.87. The topological polar surface area (TPSA) is 69.0 Å². The van der Waals surface area contributed by atoms with E-state index in [1.807, 2.05) is 66.3 Å². The Labute approximate surface area is 168 Å². The van der Waals surface area contributed by atoms with Crippen molar-refractivity contribution in [2.75, 3.05) is 5.32 Å². The summed E-state index contributed by atoms with van der Waals surface area (Å²) in [6, 6.07) is 22.5. The van der Waals surface area contributed by atoms with E-state index >= 15 is 0 Å². The Bertz CT molecular complexity index is 1090. The van der Waals surface area contributed by atoms with Crippen molar-refractivity contribution in [3.63, 3.8) is 0 Å². The Morgan fingerprint density at radius 1 is 0.966 bits per heavy atom. The third-order valence-corrected chi connectivity index (χ3v) is 4.24. The fraction of sp³-hybridized carbons (Fsp3) is 0.0870. The Morgan fingerprint density at radius 3 is 2.41 bits per heavy atom. The summed E-state index contributed by atoms with van der Waals surface area (Å²) in [5.41, 5.74) is 1.69. The van der Waals surface area contributed by atoms with Crippen molar-refractivity contribution >= 4 is 11.6 Å². The maximum absolute atomic E-state index is 12.2. The molecule has 2 aromatic carbocycles. The van der Waals surface area contributed by atoms with Crippen LogP contribution in [0.1, 0.15) is 11.4 Å². The van der Waals surface area contributed by atoms with E-state index < -0.39 is 0 Å². The highest BCUT2D eigenvalue weighted by Gasteiger charge is 2.07. The molecule has 6 heteroatoms. The molecule has 0 aliphatic heterocycles. The number of hydrogen-bond acceptors (Lipinski definition) is 4. The zero-order valence-electron chi connectivity index (χ0n) is 15.9. The molecule has 4 rings (SSSR count). The molecule has 0 radical (unpaired) electrons. The molecule has 0 atom stereocenters. The summed E-state index contributed by atoms with van der Waals surface area (Å²) in [5, 5.41) is 2.89. The number of aromatic nitrogens is 3. The SMILES string of the molecule is Cc1nc(Oc2ccc(NC(=O)Cc3ccccc3)cc2)cc(-n2cccc2)n1. The molecular formula is C23H20N4O2. The molecule has 2 heterocycles. The Balaban J connectivity index is 1.41. The van der Waals surface area contributed by atoms with E-state index in [0.717, 1.165) is 11.4 Å². The molecule has 29 heavy (non-hydrogen) atoms. The van der Waals surface area contributed by atoms with E-state index in [1.165, 1.54) is 0 Å². The quantitative estimate of drug-likeness (QED) is 0.529. The average Bonchev–Trinajstić information content (AvgIpc) is 3.25. The van der Waals surface area contributed by atoms with Crippen LogP contribution in [0.5, 0.6) is 11.6 Å². The summed E-state index contributed by atoms with van der Waals surface area (Å²) >= 11 is 0. The van der Waals surface area contributed by atoms with Crippen LogP contribution in [-0.2, 0) is 11.2 Å². The molecule has 0 saturated carbocycles. The van der Waals surface area contributed by atoms with Crippen LogP contribution in [0, 0.1) is 6.92 Å². The zero-order chi connectivity index (χ0) is 20.1. The largest absolute Gasteiger partial charge is 0.439 e. The molecule has 0 aliphatic rings. The maximum atomic E-state index is 12.2. The van der Waals surface area contributed by atoms with Crippen LogP contribution in [0.15, 0.2) is 85.2 Å². The number of hydrogen-bond donors (Lipinski definition) is 1. The Kier molecular flexibility index (Phi) is 5.33. The second-order valence-electron chi connectivity index (χ2n) is 6.54. The van der Waals surface area contributed by atoms with Gasteiger partial charge in [0.05, 0.1) is 6.42 Å². The second-order valence-corrected chi connectivity index (χ2v) is 6.54. The number of nitrogens with zero attached hydrogens (tertiary/aromatic N) is 3. The number of amides is 1. The summed E-state index contributed by atoms with van der Waals surface area (Å²) in [6.45, 7) is 1.82. The van der Waals surface area contributed by atoms with Gasteiger partial charge in [0.25, 0.3) is 0 Å². The highest BCUT2D eigenvalue weighted by molar-refractivity contribution is 5.92. The first-order valence-electron chi connectivity index (χ1n) is 9.26. The molecule has 2 aromatic heterocycles. The van der Waals surface area contributed by atoms with Gasteiger partial charge in [-0.1, -0.05) is 30.3 Å². The van der Waals surface area contributed by atoms with E-state index in [2.05, 4.69) is 15.3 Å². The molecule has 144 valence electrons. The van der Waals surface area contributed by atoms with Crippen molar-refractivity contribution in [3.8, 4) is 17.4 Å².